The third kappa shape index (κ3) is 4.72. The van der Waals surface area contributed by atoms with Crippen molar-refractivity contribution in [2.45, 2.75) is 58.2 Å². The van der Waals surface area contributed by atoms with Crippen LogP contribution >= 0.6 is 0 Å². The number of carboxylic acids is 1. The highest BCUT2D eigenvalue weighted by Gasteiger charge is 2.43. The fourth-order valence-corrected chi connectivity index (χ4v) is 3.28. The quantitative estimate of drug-likeness (QED) is 0.742. The monoisotopic (exact) mass is 408 g/mol. The van der Waals surface area contributed by atoms with Crippen molar-refractivity contribution in [1.29, 1.82) is 0 Å². The largest absolute Gasteiger partial charge is 0.493 e. The van der Waals surface area contributed by atoms with Crippen molar-refractivity contribution in [1.82, 2.24) is 5.32 Å². The second-order valence-electron chi connectivity index (χ2n) is 7.67. The summed E-state index contributed by atoms with van der Waals surface area (Å²) in [4.78, 5) is 38.4. The summed E-state index contributed by atoms with van der Waals surface area (Å²) >= 11 is 0. The normalized spacial score (nSPS) is 16.6. The zero-order chi connectivity index (χ0) is 21.9. The minimum absolute atomic E-state index is 0.0691. The van der Waals surface area contributed by atoms with Gasteiger partial charge < -0.3 is 24.6 Å². The van der Waals surface area contributed by atoms with Crippen LogP contribution in [0.25, 0.3) is 0 Å². The summed E-state index contributed by atoms with van der Waals surface area (Å²) in [5, 5.41) is 12.2. The molecular weight excluding hydrogens is 380 g/mol. The molecule has 2 N–H and O–H groups in total. The number of rotatable bonds is 6. The Balaban J connectivity index is 2.39. The molecule has 2 rings (SSSR count). The Bertz CT molecular complexity index is 801. The molecule has 2 atom stereocenters. The average molecular weight is 408 g/mol. The molecule has 1 aliphatic rings. The molecule has 1 aromatic rings. The van der Waals surface area contributed by atoms with Crippen molar-refractivity contribution in [3.8, 4) is 11.5 Å². The molecule has 1 heterocycles. The van der Waals surface area contributed by atoms with Gasteiger partial charge in [0.25, 0.3) is 5.91 Å². The van der Waals surface area contributed by atoms with E-state index in [9.17, 15) is 19.5 Å². The van der Waals surface area contributed by atoms with E-state index in [1.54, 1.807) is 39.8 Å². The molecule has 0 radical (unpaired) electrons. The molecule has 29 heavy (non-hydrogen) atoms. The second kappa shape index (κ2) is 8.59. The summed E-state index contributed by atoms with van der Waals surface area (Å²) in [6.45, 7) is 6.87. The van der Waals surface area contributed by atoms with Crippen LogP contribution < -0.4 is 19.7 Å². The molecule has 160 valence electrons. The van der Waals surface area contributed by atoms with Crippen molar-refractivity contribution >= 4 is 23.7 Å². The van der Waals surface area contributed by atoms with Crippen LogP contribution in [0.1, 0.15) is 39.7 Å². The van der Waals surface area contributed by atoms with E-state index in [1.807, 2.05) is 0 Å². The Kier molecular flexibility index (Phi) is 6.61. The van der Waals surface area contributed by atoms with Crippen LogP contribution in [0, 0.1) is 0 Å². The molecule has 2 amide bonds. The third-order valence-electron chi connectivity index (χ3n) is 4.51. The molecule has 1 unspecified atom stereocenters. The topological polar surface area (TPSA) is 114 Å². The summed E-state index contributed by atoms with van der Waals surface area (Å²) in [6, 6.07) is 1.18. The Morgan fingerprint density at radius 1 is 1.24 bits per heavy atom. The maximum Gasteiger partial charge on any atom is 0.408 e. The zero-order valence-electron chi connectivity index (χ0n) is 17.6. The highest BCUT2D eigenvalue weighted by molar-refractivity contribution is 6.05. The number of anilines is 1. The van der Waals surface area contributed by atoms with Gasteiger partial charge in [0.15, 0.2) is 11.5 Å². The van der Waals surface area contributed by atoms with Crippen LogP contribution in [0.5, 0.6) is 11.5 Å². The number of nitrogens with one attached hydrogen (secondary N) is 1. The minimum atomic E-state index is -1.15. The molecule has 0 fully saturated rings. The van der Waals surface area contributed by atoms with Gasteiger partial charge in [-0.15, -0.1) is 0 Å². The first-order valence-electron chi connectivity index (χ1n) is 9.33. The van der Waals surface area contributed by atoms with Gasteiger partial charge in [-0.05, 0) is 39.3 Å². The number of carbonyl (C=O) groups excluding carboxylic acids is 2. The predicted octanol–water partition coefficient (Wildman–Crippen LogP) is 2.35. The Labute approximate surface area is 169 Å². The molecular formula is C20H28N2O7. The molecule has 0 aromatic heterocycles. The number of carboxylic acid groups (broad SMARTS) is 1. The number of amides is 2. The number of aliphatic carboxylic acids is 1. The molecule has 0 bridgehead atoms. The first-order valence-corrected chi connectivity index (χ1v) is 9.33. The number of alkyl carbamates (subject to hydrolysis) is 1. The van der Waals surface area contributed by atoms with E-state index < -0.39 is 35.7 Å². The van der Waals surface area contributed by atoms with E-state index in [1.165, 1.54) is 19.1 Å². The molecule has 1 aliphatic heterocycles. The number of nitrogens with zero attached hydrogens (tertiary/aromatic N) is 1. The fourth-order valence-electron chi connectivity index (χ4n) is 3.28. The standard InChI is InChI=1S/C20H28N2O7/c1-7-12(21-19(26)29-20(2,3)4)17(23)22-13-8-9-15(27-5)16(28-6)11(13)10-14(22)18(24)25/h8-9,12,14H,7,10H2,1-6H3,(H,21,26)(H,24,25)/t12-,14?/m0/s1. The lowest BCUT2D eigenvalue weighted by Crippen LogP contribution is -2.53. The smallest absolute Gasteiger partial charge is 0.408 e. The molecule has 0 spiro atoms. The van der Waals surface area contributed by atoms with Crippen molar-refractivity contribution in [3.63, 3.8) is 0 Å². The third-order valence-corrected chi connectivity index (χ3v) is 4.51. The highest BCUT2D eigenvalue weighted by Crippen LogP contribution is 2.44. The van der Waals surface area contributed by atoms with Gasteiger partial charge >= 0.3 is 12.1 Å². The molecule has 0 saturated heterocycles. The van der Waals surface area contributed by atoms with Crippen molar-refractivity contribution in [3.05, 3.63) is 17.7 Å². The number of carbonyl (C=O) groups is 3. The second-order valence-corrected chi connectivity index (χ2v) is 7.67. The maximum atomic E-state index is 13.2. The van der Waals surface area contributed by atoms with E-state index in [4.69, 9.17) is 14.2 Å². The number of methoxy groups -OCH3 is 2. The molecule has 1 aromatic carbocycles. The average Bonchev–Trinajstić information content (AvgIpc) is 3.03. The van der Waals surface area contributed by atoms with Crippen molar-refractivity contribution < 1.29 is 33.7 Å². The fraction of sp³-hybridized carbons (Fsp3) is 0.550. The Morgan fingerprint density at radius 2 is 1.90 bits per heavy atom. The summed E-state index contributed by atoms with van der Waals surface area (Å²) in [5.74, 6) is -0.845. The van der Waals surface area contributed by atoms with Gasteiger partial charge in [-0.25, -0.2) is 9.59 Å². The Morgan fingerprint density at radius 3 is 2.38 bits per heavy atom. The number of hydrogen-bond acceptors (Lipinski definition) is 6. The van der Waals surface area contributed by atoms with E-state index in [0.717, 1.165) is 0 Å². The van der Waals surface area contributed by atoms with E-state index >= 15 is 0 Å². The van der Waals surface area contributed by atoms with E-state index in [2.05, 4.69) is 5.32 Å². The summed E-state index contributed by atoms with van der Waals surface area (Å²) in [5.41, 5.74) is 0.267. The van der Waals surface area contributed by atoms with Crippen LogP contribution in [-0.4, -0.2) is 55.0 Å². The van der Waals surface area contributed by atoms with Crippen molar-refractivity contribution in [2.75, 3.05) is 19.1 Å². The number of fused-ring (bicyclic) bond motifs is 1. The number of ether oxygens (including phenoxy) is 3. The van der Waals surface area contributed by atoms with Gasteiger partial charge in [0.2, 0.25) is 0 Å². The predicted molar refractivity (Wildman–Crippen MR) is 106 cm³/mol. The van der Waals surface area contributed by atoms with Crippen molar-refractivity contribution in [2.24, 2.45) is 0 Å². The molecule has 9 nitrogen and oxygen atoms in total. The molecule has 9 heteroatoms. The van der Waals surface area contributed by atoms with E-state index in [0.29, 0.717) is 22.7 Å². The highest BCUT2D eigenvalue weighted by atomic mass is 16.6. The van der Waals surface area contributed by atoms with Crippen LogP contribution in [0.2, 0.25) is 0 Å². The summed E-state index contributed by atoms with van der Waals surface area (Å²) in [6.07, 6.45) is -0.403. The first kappa shape index (κ1) is 22.3. The van der Waals surface area contributed by atoms with Crippen LogP contribution in [0.15, 0.2) is 12.1 Å². The van der Waals surface area contributed by atoms with Crippen LogP contribution in [0.3, 0.4) is 0 Å². The summed E-state index contributed by atoms with van der Waals surface area (Å²) in [7, 11) is 2.94. The Hall–Kier alpha value is -2.97. The number of benzene rings is 1. The lowest BCUT2D eigenvalue weighted by atomic mass is 10.1. The lowest BCUT2D eigenvalue weighted by Gasteiger charge is -2.28. The van der Waals surface area contributed by atoms with Gasteiger partial charge in [-0.1, -0.05) is 6.92 Å². The van der Waals surface area contributed by atoms with Gasteiger partial charge in [0.05, 0.1) is 19.9 Å². The zero-order valence-corrected chi connectivity index (χ0v) is 17.6. The number of hydrogen-bond donors (Lipinski definition) is 2. The SMILES string of the molecule is CC[C@H](NC(=O)OC(C)(C)C)C(=O)N1c2ccc(OC)c(OC)c2CC1C(=O)O. The van der Waals surface area contributed by atoms with Gasteiger partial charge in [-0.3, -0.25) is 9.69 Å². The minimum Gasteiger partial charge on any atom is -0.493 e. The molecule has 0 aliphatic carbocycles. The van der Waals surface area contributed by atoms with Gasteiger partial charge in [-0.2, -0.15) is 0 Å². The maximum absolute atomic E-state index is 13.2. The van der Waals surface area contributed by atoms with Gasteiger partial charge in [0.1, 0.15) is 17.7 Å². The first-order chi connectivity index (χ1) is 13.5. The van der Waals surface area contributed by atoms with Crippen LogP contribution in [-0.2, 0) is 20.7 Å². The summed E-state index contributed by atoms with van der Waals surface area (Å²) < 4.78 is 15.9. The van der Waals surface area contributed by atoms with Gasteiger partial charge in [0, 0.05) is 12.0 Å². The lowest BCUT2D eigenvalue weighted by molar-refractivity contribution is -0.140. The molecule has 0 saturated carbocycles. The van der Waals surface area contributed by atoms with Crippen LogP contribution in [0.4, 0.5) is 10.5 Å². The van der Waals surface area contributed by atoms with E-state index in [-0.39, 0.29) is 12.8 Å².